The van der Waals surface area contributed by atoms with Crippen molar-refractivity contribution in [3.05, 3.63) is 59.9 Å². The van der Waals surface area contributed by atoms with Crippen LogP contribution in [0.1, 0.15) is 61.5 Å². The molecule has 0 radical (unpaired) electrons. The predicted octanol–water partition coefficient (Wildman–Crippen LogP) is 4.96. The van der Waals surface area contributed by atoms with Crippen LogP contribution in [-0.4, -0.2) is 56.5 Å². The lowest BCUT2D eigenvalue weighted by Gasteiger charge is -2.35. The Balaban J connectivity index is 1.26. The van der Waals surface area contributed by atoms with Gasteiger partial charge in [-0.25, -0.2) is 18.3 Å². The average molecular weight is 528 g/mol. The molecule has 0 amide bonds. The molecule has 9 nitrogen and oxygen atoms in total. The molecular formula is C27H31F2N5O4. The maximum Gasteiger partial charge on any atom is 0.358 e. The summed E-state index contributed by atoms with van der Waals surface area (Å²) in [6, 6.07) is 13.0. The quantitative estimate of drug-likeness (QED) is 0.370. The molecule has 1 aromatic carbocycles. The molecule has 0 bridgehead atoms. The SMILES string of the molecule is CCOC(=O)c1ccn(-c2nc(NC3CCC(F)(F)CC3)cc(OC3CC(OCc4ccccc4)C3)n2)n1. The van der Waals surface area contributed by atoms with Crippen molar-refractivity contribution in [3.63, 3.8) is 0 Å². The van der Waals surface area contributed by atoms with Gasteiger partial charge in [-0.1, -0.05) is 30.3 Å². The van der Waals surface area contributed by atoms with Crippen LogP contribution in [-0.2, 0) is 16.1 Å². The Hall–Kier alpha value is -3.60. The lowest BCUT2D eigenvalue weighted by Crippen LogP contribution is -2.39. The summed E-state index contributed by atoms with van der Waals surface area (Å²) in [5, 5.41) is 7.49. The molecule has 38 heavy (non-hydrogen) atoms. The second-order valence-electron chi connectivity index (χ2n) is 9.66. The first-order valence-electron chi connectivity index (χ1n) is 13.0. The third-order valence-corrected chi connectivity index (χ3v) is 6.71. The van der Waals surface area contributed by atoms with Gasteiger partial charge in [-0.15, -0.1) is 0 Å². The predicted molar refractivity (Wildman–Crippen MR) is 135 cm³/mol. The summed E-state index contributed by atoms with van der Waals surface area (Å²) in [4.78, 5) is 21.1. The number of carbonyl (C=O) groups is 1. The van der Waals surface area contributed by atoms with Crippen LogP contribution < -0.4 is 10.1 Å². The van der Waals surface area contributed by atoms with E-state index in [1.165, 1.54) is 10.7 Å². The monoisotopic (exact) mass is 527 g/mol. The van der Waals surface area contributed by atoms with Crippen molar-refractivity contribution >= 4 is 11.8 Å². The highest BCUT2D eigenvalue weighted by Gasteiger charge is 2.35. The Labute approximate surface area is 219 Å². The van der Waals surface area contributed by atoms with Gasteiger partial charge in [-0.3, -0.25) is 0 Å². The van der Waals surface area contributed by atoms with Gasteiger partial charge in [0, 0.05) is 44.0 Å². The first kappa shape index (κ1) is 26.0. The Morgan fingerprint density at radius 2 is 1.87 bits per heavy atom. The lowest BCUT2D eigenvalue weighted by atomic mass is 9.92. The van der Waals surface area contributed by atoms with Gasteiger partial charge in [0.15, 0.2) is 5.69 Å². The number of carbonyl (C=O) groups excluding carboxylic acids is 1. The number of alkyl halides is 2. The molecule has 0 atom stereocenters. The molecule has 2 aliphatic rings. The highest BCUT2D eigenvalue weighted by atomic mass is 19.3. The van der Waals surface area contributed by atoms with Crippen LogP contribution in [0.5, 0.6) is 5.88 Å². The molecule has 0 unspecified atom stereocenters. The molecule has 1 N–H and O–H groups in total. The van der Waals surface area contributed by atoms with Gasteiger partial charge in [0.1, 0.15) is 11.9 Å². The minimum atomic E-state index is -2.62. The molecule has 0 aliphatic heterocycles. The molecule has 3 aromatic rings. The fourth-order valence-corrected chi connectivity index (χ4v) is 4.50. The minimum Gasteiger partial charge on any atom is -0.474 e. The Morgan fingerprint density at radius 1 is 1.11 bits per heavy atom. The summed E-state index contributed by atoms with van der Waals surface area (Å²) in [6.45, 7) is 2.50. The molecule has 5 rings (SSSR count). The van der Waals surface area contributed by atoms with E-state index in [-0.39, 0.29) is 49.3 Å². The molecule has 0 saturated heterocycles. The van der Waals surface area contributed by atoms with E-state index in [0.717, 1.165) is 18.4 Å². The molecule has 2 heterocycles. The van der Waals surface area contributed by atoms with E-state index in [2.05, 4.69) is 20.4 Å². The number of hydrogen-bond donors (Lipinski definition) is 1. The average Bonchev–Trinajstić information content (AvgIpc) is 3.38. The summed E-state index contributed by atoms with van der Waals surface area (Å²) in [7, 11) is 0. The van der Waals surface area contributed by atoms with Crippen molar-refractivity contribution in [2.24, 2.45) is 0 Å². The molecule has 2 aliphatic carbocycles. The van der Waals surface area contributed by atoms with E-state index in [9.17, 15) is 13.6 Å². The number of nitrogens with zero attached hydrogens (tertiary/aromatic N) is 4. The number of esters is 1. The van der Waals surface area contributed by atoms with Gasteiger partial charge in [0.25, 0.3) is 5.95 Å². The molecule has 2 fully saturated rings. The fourth-order valence-electron chi connectivity index (χ4n) is 4.50. The number of rotatable bonds is 10. The van der Waals surface area contributed by atoms with E-state index in [4.69, 9.17) is 14.2 Å². The van der Waals surface area contributed by atoms with Crippen LogP contribution in [0, 0.1) is 0 Å². The van der Waals surface area contributed by atoms with Crippen LogP contribution >= 0.6 is 0 Å². The highest BCUT2D eigenvalue weighted by Crippen LogP contribution is 2.35. The zero-order chi connectivity index (χ0) is 26.5. The molecule has 11 heteroatoms. The van der Waals surface area contributed by atoms with Crippen molar-refractivity contribution in [2.45, 2.75) is 76.2 Å². The molecular weight excluding hydrogens is 496 g/mol. The van der Waals surface area contributed by atoms with Crippen molar-refractivity contribution in [1.29, 1.82) is 0 Å². The smallest absolute Gasteiger partial charge is 0.358 e. The first-order valence-corrected chi connectivity index (χ1v) is 13.0. The van der Waals surface area contributed by atoms with Crippen LogP contribution in [0.3, 0.4) is 0 Å². The minimum absolute atomic E-state index is 0.0764. The van der Waals surface area contributed by atoms with Crippen LogP contribution in [0.15, 0.2) is 48.7 Å². The summed E-state index contributed by atoms with van der Waals surface area (Å²) in [5.74, 6) is -2.19. The Bertz CT molecular complexity index is 1220. The summed E-state index contributed by atoms with van der Waals surface area (Å²) in [5.41, 5.74) is 1.25. The standard InChI is InChI=1S/C27H31F2N5O4/c1-2-36-25(35)22-10-13-34(33-22)26-31-23(30-19-8-11-27(28,29)12-9-19)16-24(32-26)38-21-14-20(15-21)37-17-18-6-4-3-5-7-18/h3-7,10,13,16,19-21H,2,8-9,11-12,14-15,17H2,1H3,(H,30,31,32). The fraction of sp³-hybridized carbons (Fsp3) is 0.481. The third kappa shape index (κ3) is 6.63. The number of hydrogen-bond acceptors (Lipinski definition) is 8. The van der Waals surface area contributed by atoms with E-state index in [1.54, 1.807) is 19.2 Å². The van der Waals surface area contributed by atoms with E-state index < -0.39 is 11.9 Å². The van der Waals surface area contributed by atoms with Gasteiger partial charge < -0.3 is 19.5 Å². The van der Waals surface area contributed by atoms with E-state index in [0.29, 0.717) is 31.1 Å². The normalized spacial score (nSPS) is 20.9. The maximum absolute atomic E-state index is 13.6. The van der Waals surface area contributed by atoms with Crippen molar-refractivity contribution < 1.29 is 27.8 Å². The summed E-state index contributed by atoms with van der Waals surface area (Å²) in [6.07, 6.45) is 3.37. The van der Waals surface area contributed by atoms with Gasteiger partial charge in [0.05, 0.1) is 19.3 Å². The summed E-state index contributed by atoms with van der Waals surface area (Å²) >= 11 is 0. The summed E-state index contributed by atoms with van der Waals surface area (Å²) < 4.78 is 45.7. The highest BCUT2D eigenvalue weighted by molar-refractivity contribution is 5.87. The van der Waals surface area contributed by atoms with Gasteiger partial charge in [-0.2, -0.15) is 15.1 Å². The molecule has 2 saturated carbocycles. The van der Waals surface area contributed by atoms with Crippen molar-refractivity contribution in [3.8, 4) is 11.8 Å². The number of aromatic nitrogens is 4. The molecule has 0 spiro atoms. The molecule has 2 aromatic heterocycles. The number of halogens is 2. The van der Waals surface area contributed by atoms with Crippen LogP contribution in [0.25, 0.3) is 5.95 Å². The number of benzene rings is 1. The third-order valence-electron chi connectivity index (χ3n) is 6.71. The zero-order valence-electron chi connectivity index (χ0n) is 21.2. The lowest BCUT2D eigenvalue weighted by molar-refractivity contribution is -0.0695. The largest absolute Gasteiger partial charge is 0.474 e. The number of anilines is 1. The zero-order valence-corrected chi connectivity index (χ0v) is 21.2. The topological polar surface area (TPSA) is 100 Å². The van der Waals surface area contributed by atoms with E-state index in [1.807, 2.05) is 30.3 Å². The van der Waals surface area contributed by atoms with E-state index >= 15 is 0 Å². The van der Waals surface area contributed by atoms with Gasteiger partial charge in [0.2, 0.25) is 11.8 Å². The maximum atomic E-state index is 13.6. The second-order valence-corrected chi connectivity index (χ2v) is 9.66. The van der Waals surface area contributed by atoms with Crippen molar-refractivity contribution in [2.75, 3.05) is 11.9 Å². The second kappa shape index (κ2) is 11.4. The van der Waals surface area contributed by atoms with Gasteiger partial charge in [-0.05, 0) is 31.4 Å². The van der Waals surface area contributed by atoms with Gasteiger partial charge >= 0.3 is 5.97 Å². The van der Waals surface area contributed by atoms with Crippen LogP contribution in [0.4, 0.5) is 14.6 Å². The Kier molecular flexibility index (Phi) is 7.82. The number of nitrogens with one attached hydrogen (secondary N) is 1. The van der Waals surface area contributed by atoms with Crippen LogP contribution in [0.2, 0.25) is 0 Å². The Morgan fingerprint density at radius 3 is 2.61 bits per heavy atom. The van der Waals surface area contributed by atoms with Crippen molar-refractivity contribution in [1.82, 2.24) is 19.7 Å². The number of ether oxygens (including phenoxy) is 3. The first-order chi connectivity index (χ1) is 18.4. The molecule has 202 valence electrons.